The fourth-order valence-electron chi connectivity index (χ4n) is 2.68. The predicted octanol–water partition coefficient (Wildman–Crippen LogP) is 4.92. The summed E-state index contributed by atoms with van der Waals surface area (Å²) >= 11 is 5.95. The lowest BCUT2D eigenvalue weighted by Crippen LogP contribution is -2.11. The summed E-state index contributed by atoms with van der Waals surface area (Å²) in [4.78, 5) is 12.3. The minimum atomic E-state index is -0.647. The van der Waals surface area contributed by atoms with Crippen LogP contribution in [0.2, 0.25) is 5.02 Å². The van der Waals surface area contributed by atoms with Crippen LogP contribution in [0.25, 0.3) is 11.3 Å². The molecule has 0 bridgehead atoms. The van der Waals surface area contributed by atoms with Gasteiger partial charge in [-0.1, -0.05) is 23.2 Å². The number of carbonyl (C=O) groups is 1. The van der Waals surface area contributed by atoms with Gasteiger partial charge in [-0.2, -0.15) is 5.26 Å². The van der Waals surface area contributed by atoms with Crippen molar-refractivity contribution in [2.45, 2.75) is 13.8 Å². The smallest absolute Gasteiger partial charge is 0.349 e. The van der Waals surface area contributed by atoms with E-state index in [9.17, 15) is 10.1 Å². The molecule has 130 valence electrons. The Labute approximate surface area is 156 Å². The molecular weight excluding hydrogens is 350 g/mol. The normalized spacial score (nSPS) is 14.5. The molecule has 2 aromatic rings. The van der Waals surface area contributed by atoms with Gasteiger partial charge in [-0.05, 0) is 56.3 Å². The van der Waals surface area contributed by atoms with E-state index < -0.39 is 5.97 Å². The topological polar surface area (TPSA) is 59.3 Å². The fraction of sp³-hybridized carbons (Fsp3) is 0.143. The molecule has 1 aliphatic heterocycles. The standard InChI is InChI=1S/C21H16ClNO3/c1-3-25-21(24)18(12-23)16-11-20(14-5-7-15(22)8-6-14)26-19-9-4-13(2)10-17(16)19/h4-11H,3H2,1-2H3. The Balaban J connectivity index is 2.21. The highest BCUT2D eigenvalue weighted by Crippen LogP contribution is 2.39. The summed E-state index contributed by atoms with van der Waals surface area (Å²) in [6.45, 7) is 3.84. The lowest BCUT2D eigenvalue weighted by molar-refractivity contribution is -0.137. The number of rotatable bonds is 3. The first-order chi connectivity index (χ1) is 12.5. The van der Waals surface area contributed by atoms with E-state index in [0.717, 1.165) is 11.1 Å². The zero-order chi connectivity index (χ0) is 18.7. The van der Waals surface area contributed by atoms with E-state index in [-0.39, 0.29) is 12.2 Å². The van der Waals surface area contributed by atoms with Gasteiger partial charge in [0.2, 0.25) is 0 Å². The fourth-order valence-corrected chi connectivity index (χ4v) is 2.81. The van der Waals surface area contributed by atoms with Crippen molar-refractivity contribution in [1.82, 2.24) is 0 Å². The molecule has 0 fully saturated rings. The monoisotopic (exact) mass is 365 g/mol. The number of ether oxygens (including phenoxy) is 2. The third kappa shape index (κ3) is 3.49. The highest BCUT2D eigenvalue weighted by atomic mass is 35.5. The van der Waals surface area contributed by atoms with Gasteiger partial charge in [0, 0.05) is 21.7 Å². The Morgan fingerprint density at radius 2 is 1.96 bits per heavy atom. The molecule has 1 heterocycles. The van der Waals surface area contributed by atoms with Crippen molar-refractivity contribution >= 4 is 28.9 Å². The number of benzene rings is 2. The lowest BCUT2D eigenvalue weighted by Gasteiger charge is -2.21. The van der Waals surface area contributed by atoms with E-state index in [0.29, 0.717) is 27.7 Å². The van der Waals surface area contributed by atoms with Crippen LogP contribution in [-0.2, 0) is 9.53 Å². The zero-order valence-corrected chi connectivity index (χ0v) is 15.1. The van der Waals surface area contributed by atoms with Crippen molar-refractivity contribution in [2.75, 3.05) is 6.61 Å². The number of allylic oxidation sites excluding steroid dienone is 2. The van der Waals surface area contributed by atoms with E-state index in [4.69, 9.17) is 21.1 Å². The number of nitriles is 1. The van der Waals surface area contributed by atoms with Crippen molar-refractivity contribution in [3.63, 3.8) is 0 Å². The van der Waals surface area contributed by atoms with Gasteiger partial charge in [0.15, 0.2) is 0 Å². The Morgan fingerprint density at radius 3 is 2.62 bits per heavy atom. The summed E-state index contributed by atoms with van der Waals surface area (Å²) in [5.74, 6) is 0.464. The van der Waals surface area contributed by atoms with Crippen LogP contribution in [0, 0.1) is 18.3 Å². The van der Waals surface area contributed by atoms with Gasteiger partial charge in [0.1, 0.15) is 23.2 Å². The SMILES string of the molecule is CCOC(=O)C(C#N)=C1C=C(c2ccc(Cl)cc2)Oc2ccc(C)cc21. The first-order valence-electron chi connectivity index (χ1n) is 8.11. The average Bonchev–Trinajstić information content (AvgIpc) is 2.63. The molecule has 0 amide bonds. The molecule has 3 rings (SSSR count). The molecule has 1 aliphatic rings. The van der Waals surface area contributed by atoms with Gasteiger partial charge in [-0.25, -0.2) is 4.79 Å². The maximum Gasteiger partial charge on any atom is 0.349 e. The molecular formula is C21H16ClNO3. The molecule has 26 heavy (non-hydrogen) atoms. The van der Waals surface area contributed by atoms with Crippen molar-refractivity contribution in [3.05, 3.63) is 75.8 Å². The quantitative estimate of drug-likeness (QED) is 0.440. The van der Waals surface area contributed by atoms with E-state index in [2.05, 4.69) is 0 Å². The van der Waals surface area contributed by atoms with Gasteiger partial charge in [-0.15, -0.1) is 0 Å². The number of hydrogen-bond donors (Lipinski definition) is 0. The van der Waals surface area contributed by atoms with Crippen molar-refractivity contribution in [2.24, 2.45) is 0 Å². The second-order valence-corrected chi connectivity index (χ2v) is 6.17. The van der Waals surface area contributed by atoms with Crippen molar-refractivity contribution in [1.29, 1.82) is 5.26 Å². The van der Waals surface area contributed by atoms with E-state index in [1.807, 2.05) is 43.3 Å². The molecule has 0 radical (unpaired) electrons. The summed E-state index contributed by atoms with van der Waals surface area (Å²) in [6, 6.07) is 14.8. The Kier molecular flexibility index (Phi) is 5.11. The second kappa shape index (κ2) is 7.47. The number of halogens is 1. The molecule has 0 N–H and O–H groups in total. The Bertz CT molecular complexity index is 966. The molecule has 0 unspecified atom stereocenters. The molecule has 0 saturated carbocycles. The minimum Gasteiger partial charge on any atom is -0.462 e. The lowest BCUT2D eigenvalue weighted by atomic mass is 9.94. The van der Waals surface area contributed by atoms with Crippen LogP contribution in [0.5, 0.6) is 5.75 Å². The van der Waals surface area contributed by atoms with Gasteiger partial charge in [0.05, 0.1) is 6.61 Å². The largest absolute Gasteiger partial charge is 0.462 e. The molecule has 0 saturated heterocycles. The predicted molar refractivity (Wildman–Crippen MR) is 100 cm³/mol. The maximum absolute atomic E-state index is 12.3. The van der Waals surface area contributed by atoms with Crippen LogP contribution in [-0.4, -0.2) is 12.6 Å². The maximum atomic E-state index is 12.3. The van der Waals surface area contributed by atoms with Crippen LogP contribution in [0.4, 0.5) is 0 Å². The summed E-state index contributed by atoms with van der Waals surface area (Å²) < 4.78 is 11.0. The Hall–Kier alpha value is -3.03. The number of esters is 1. The molecule has 4 nitrogen and oxygen atoms in total. The molecule has 0 aromatic heterocycles. The van der Waals surface area contributed by atoms with Crippen LogP contribution in [0.3, 0.4) is 0 Å². The van der Waals surface area contributed by atoms with Crippen LogP contribution < -0.4 is 4.74 Å². The third-order valence-corrected chi connectivity index (χ3v) is 4.16. The third-order valence-electron chi connectivity index (χ3n) is 3.91. The van der Waals surface area contributed by atoms with Gasteiger partial charge >= 0.3 is 5.97 Å². The van der Waals surface area contributed by atoms with Crippen LogP contribution >= 0.6 is 11.6 Å². The summed E-state index contributed by atoms with van der Waals surface area (Å²) in [5, 5.41) is 10.2. The van der Waals surface area contributed by atoms with E-state index in [1.54, 1.807) is 25.1 Å². The molecule has 2 aromatic carbocycles. The number of hydrogen-bond acceptors (Lipinski definition) is 4. The number of fused-ring (bicyclic) bond motifs is 1. The van der Waals surface area contributed by atoms with E-state index in [1.165, 1.54) is 0 Å². The molecule has 0 spiro atoms. The van der Waals surface area contributed by atoms with Crippen molar-refractivity contribution in [3.8, 4) is 11.8 Å². The van der Waals surface area contributed by atoms with Gasteiger partial charge in [0.25, 0.3) is 0 Å². The highest BCUT2D eigenvalue weighted by Gasteiger charge is 2.24. The average molecular weight is 366 g/mol. The van der Waals surface area contributed by atoms with Crippen molar-refractivity contribution < 1.29 is 14.3 Å². The zero-order valence-electron chi connectivity index (χ0n) is 14.4. The molecule has 5 heteroatoms. The van der Waals surface area contributed by atoms with Gasteiger partial charge < -0.3 is 9.47 Å². The minimum absolute atomic E-state index is 0.0477. The second-order valence-electron chi connectivity index (χ2n) is 5.74. The summed E-state index contributed by atoms with van der Waals surface area (Å²) in [6.07, 6.45) is 1.69. The van der Waals surface area contributed by atoms with Gasteiger partial charge in [-0.3, -0.25) is 0 Å². The summed E-state index contributed by atoms with van der Waals surface area (Å²) in [5.41, 5.74) is 2.91. The number of carbonyl (C=O) groups excluding carboxylic acids is 1. The highest BCUT2D eigenvalue weighted by molar-refractivity contribution is 6.30. The first kappa shape index (κ1) is 17.8. The van der Waals surface area contributed by atoms with Crippen LogP contribution in [0.1, 0.15) is 23.6 Å². The van der Waals surface area contributed by atoms with E-state index >= 15 is 0 Å². The Morgan fingerprint density at radius 1 is 1.23 bits per heavy atom. The van der Waals surface area contributed by atoms with Crippen LogP contribution in [0.15, 0.2) is 54.1 Å². The number of nitrogens with zero attached hydrogens (tertiary/aromatic N) is 1. The summed E-state index contributed by atoms with van der Waals surface area (Å²) in [7, 11) is 0. The molecule has 0 aliphatic carbocycles. The number of aryl methyl sites for hydroxylation is 1. The molecule has 0 atom stereocenters. The first-order valence-corrected chi connectivity index (χ1v) is 8.49.